The number of amides is 3. The van der Waals surface area contributed by atoms with Crippen molar-refractivity contribution in [2.75, 3.05) is 30.0 Å². The highest BCUT2D eigenvalue weighted by molar-refractivity contribution is 6.71. The second-order valence-electron chi connectivity index (χ2n) is 12.0. The monoisotopic (exact) mass is 601 g/mol. The Morgan fingerprint density at radius 2 is 1.70 bits per heavy atom. The number of hydrogen-bond acceptors (Lipinski definition) is 6. The molecule has 0 saturated carbocycles. The summed E-state index contributed by atoms with van der Waals surface area (Å²) in [6.07, 6.45) is -0.0362. The minimum atomic E-state index is -2.99. The van der Waals surface area contributed by atoms with Crippen LogP contribution in [0.3, 0.4) is 0 Å². The van der Waals surface area contributed by atoms with E-state index in [1.807, 2.05) is 92.8 Å². The average molecular weight is 602 g/mol. The Morgan fingerprint density at radius 3 is 2.30 bits per heavy atom. The van der Waals surface area contributed by atoms with Gasteiger partial charge in [0.05, 0.1) is 24.8 Å². The zero-order valence-electron chi connectivity index (χ0n) is 25.0. The predicted octanol–water partition coefficient (Wildman–Crippen LogP) is 4.17. The van der Waals surface area contributed by atoms with Crippen molar-refractivity contribution in [3.8, 4) is 0 Å². The van der Waals surface area contributed by atoms with Gasteiger partial charge in [-0.1, -0.05) is 55.5 Å². The molecule has 226 valence electrons. The number of rotatable bonds is 10. The van der Waals surface area contributed by atoms with Gasteiger partial charge in [-0.25, -0.2) is 0 Å². The lowest BCUT2D eigenvalue weighted by atomic mass is 9.82. The maximum atomic E-state index is 14.1. The van der Waals surface area contributed by atoms with E-state index in [1.165, 1.54) is 4.90 Å². The van der Waals surface area contributed by atoms with Crippen molar-refractivity contribution in [3.63, 3.8) is 0 Å². The van der Waals surface area contributed by atoms with Gasteiger partial charge in [-0.15, -0.1) is 0 Å². The van der Waals surface area contributed by atoms with Crippen molar-refractivity contribution in [3.05, 3.63) is 90.0 Å². The summed E-state index contributed by atoms with van der Waals surface area (Å²) < 4.78 is 6.76. The molecule has 0 aromatic heterocycles. The molecule has 0 bridgehead atoms. The molecule has 2 aliphatic rings. The number of carbonyl (C=O) groups excluding carboxylic acids is 3. The quantitative estimate of drug-likeness (QED) is 0.267. The van der Waals surface area contributed by atoms with Crippen LogP contribution in [0.15, 0.2) is 78.9 Å². The Kier molecular flexibility index (Phi) is 8.58. The highest BCUT2D eigenvalue weighted by Gasteiger charge is 2.66. The second-order valence-corrected chi connectivity index (χ2v) is 15.9. The van der Waals surface area contributed by atoms with E-state index in [4.69, 9.17) is 4.74 Å². The first-order valence-corrected chi connectivity index (χ1v) is 17.6. The Balaban J connectivity index is 1.53. The third-order valence-electron chi connectivity index (χ3n) is 8.83. The van der Waals surface area contributed by atoms with Crippen molar-refractivity contribution >= 4 is 43.6 Å². The van der Waals surface area contributed by atoms with Gasteiger partial charge >= 0.3 is 0 Å². The summed E-state index contributed by atoms with van der Waals surface area (Å²) >= 11 is 0. The van der Waals surface area contributed by atoms with Crippen molar-refractivity contribution in [1.29, 1.82) is 0 Å². The smallest absolute Gasteiger partial charge is 0.264 e. The molecule has 1 spiro atoms. The summed E-state index contributed by atoms with van der Waals surface area (Å²) in [5, 5.41) is 9.72. The van der Waals surface area contributed by atoms with Crippen LogP contribution >= 0.6 is 0 Å². The summed E-state index contributed by atoms with van der Waals surface area (Å²) in [4.78, 5) is 56.3. The van der Waals surface area contributed by atoms with E-state index in [-0.39, 0.29) is 31.4 Å². The summed E-state index contributed by atoms with van der Waals surface area (Å²) in [6, 6.07) is 24.2. The number of hydrogen-bond donors (Lipinski definition) is 2. The van der Waals surface area contributed by atoms with Gasteiger partial charge in [0.15, 0.2) is 13.9 Å². The molecule has 5 rings (SSSR count). The molecule has 9 nitrogen and oxygen atoms in total. The van der Waals surface area contributed by atoms with Crippen LogP contribution in [0.2, 0.25) is 18.6 Å². The SMILES string of the molecule is C[C@H]1[C@H]([Si](C)(C)O)[C@@H](CC(=O)N(CCO)Cc2ccccc2)O[C@]12C(=O)N(C)c1ccc(N(C=O)c3ccccc3)cc12. The summed E-state index contributed by atoms with van der Waals surface area (Å²) in [5.41, 5.74) is 1.59. The van der Waals surface area contributed by atoms with Gasteiger partial charge in [0.2, 0.25) is 12.3 Å². The highest BCUT2D eigenvalue weighted by Crippen LogP contribution is 2.59. The fourth-order valence-corrected chi connectivity index (χ4v) is 9.45. The minimum Gasteiger partial charge on any atom is -0.432 e. The normalized spacial score (nSPS) is 23.0. The fraction of sp³-hybridized carbons (Fsp3) is 0.364. The highest BCUT2D eigenvalue weighted by atomic mass is 28.4. The first-order chi connectivity index (χ1) is 20.5. The van der Waals surface area contributed by atoms with E-state index in [9.17, 15) is 24.3 Å². The number of carbonyl (C=O) groups is 3. The molecule has 3 amide bonds. The van der Waals surface area contributed by atoms with Crippen molar-refractivity contribution in [2.45, 2.75) is 50.2 Å². The molecule has 2 heterocycles. The van der Waals surface area contributed by atoms with E-state index >= 15 is 0 Å². The van der Waals surface area contributed by atoms with Crippen LogP contribution in [0, 0.1) is 5.92 Å². The van der Waals surface area contributed by atoms with Gasteiger partial charge in [0.25, 0.3) is 5.91 Å². The number of ether oxygens (including phenoxy) is 1. The molecule has 1 fully saturated rings. The van der Waals surface area contributed by atoms with Gasteiger partial charge in [-0.2, -0.15) is 0 Å². The van der Waals surface area contributed by atoms with E-state index in [1.54, 1.807) is 22.9 Å². The van der Waals surface area contributed by atoms with E-state index in [0.717, 1.165) is 12.0 Å². The van der Waals surface area contributed by atoms with E-state index < -0.39 is 31.5 Å². The van der Waals surface area contributed by atoms with Gasteiger partial charge in [-0.05, 0) is 49.0 Å². The van der Waals surface area contributed by atoms with Crippen LogP contribution < -0.4 is 9.80 Å². The standard InChI is InChI=1S/C33H39N3O6Si/c1-23-31(43(3,4)41)29(20-30(39)35(17-18-37)21-24-11-7-5-8-12-24)42-33(23)27-19-26(15-16-28(27)34(2)32(33)40)36(22-38)25-13-9-6-10-14-25/h5-16,19,22-23,29,31,37,41H,17-18,20-21H2,1-4H3/t23-,29+,31-,33+/m0/s1. The summed E-state index contributed by atoms with van der Waals surface area (Å²) in [7, 11) is -1.30. The first kappa shape index (κ1) is 30.6. The van der Waals surface area contributed by atoms with E-state index in [0.29, 0.717) is 29.2 Å². The molecule has 3 aromatic rings. The van der Waals surface area contributed by atoms with Crippen molar-refractivity contribution in [2.24, 2.45) is 5.92 Å². The lowest BCUT2D eigenvalue weighted by Gasteiger charge is -2.32. The third kappa shape index (κ3) is 5.51. The molecular formula is C33H39N3O6Si. The topological polar surface area (TPSA) is 111 Å². The molecule has 0 radical (unpaired) electrons. The number of fused-ring (bicyclic) bond motifs is 2. The van der Waals surface area contributed by atoms with E-state index in [2.05, 4.69) is 0 Å². The molecule has 3 aromatic carbocycles. The Labute approximate surface area is 253 Å². The number of benzene rings is 3. The van der Waals surface area contributed by atoms with Crippen molar-refractivity contribution < 1.29 is 29.0 Å². The number of para-hydroxylation sites is 1. The average Bonchev–Trinajstić information content (AvgIpc) is 3.40. The second kappa shape index (κ2) is 12.0. The molecule has 43 heavy (non-hydrogen) atoms. The number of aliphatic hydroxyl groups is 1. The van der Waals surface area contributed by atoms with Crippen LogP contribution in [0.5, 0.6) is 0 Å². The Morgan fingerprint density at radius 1 is 1.05 bits per heavy atom. The molecule has 2 N–H and O–H groups in total. The van der Waals surface area contributed by atoms with Crippen LogP contribution in [0.4, 0.5) is 17.1 Å². The molecule has 1 saturated heterocycles. The molecule has 0 unspecified atom stereocenters. The summed E-state index contributed by atoms with van der Waals surface area (Å²) in [6.45, 7) is 5.83. The molecule has 10 heteroatoms. The number of nitrogens with zero attached hydrogens (tertiary/aromatic N) is 3. The van der Waals surface area contributed by atoms with Gasteiger partial charge in [0.1, 0.15) is 0 Å². The lowest BCUT2D eigenvalue weighted by molar-refractivity contribution is -0.149. The Bertz CT molecular complexity index is 1480. The van der Waals surface area contributed by atoms with Crippen LogP contribution in [0.25, 0.3) is 0 Å². The summed E-state index contributed by atoms with van der Waals surface area (Å²) in [5.74, 6) is -0.941. The molecule has 2 aliphatic heterocycles. The largest absolute Gasteiger partial charge is 0.432 e. The lowest BCUT2D eigenvalue weighted by Crippen LogP contribution is -2.45. The number of aliphatic hydroxyl groups excluding tert-OH is 1. The van der Waals surface area contributed by atoms with Crippen LogP contribution in [-0.2, 0) is 31.3 Å². The zero-order valence-corrected chi connectivity index (χ0v) is 26.0. The minimum absolute atomic E-state index is 0.0446. The van der Waals surface area contributed by atoms with Gasteiger partial charge < -0.3 is 24.4 Å². The molecule has 0 aliphatic carbocycles. The van der Waals surface area contributed by atoms with Gasteiger partial charge in [-0.3, -0.25) is 19.3 Å². The fourth-order valence-electron chi connectivity index (χ4n) is 6.90. The first-order valence-electron chi connectivity index (χ1n) is 14.6. The van der Waals surface area contributed by atoms with Crippen LogP contribution in [-0.4, -0.2) is 67.6 Å². The number of likely N-dealkylation sites (N-methyl/N-ethyl adjacent to an activating group) is 1. The predicted molar refractivity (Wildman–Crippen MR) is 167 cm³/mol. The maximum Gasteiger partial charge on any atom is 0.264 e. The van der Waals surface area contributed by atoms with Crippen molar-refractivity contribution in [1.82, 2.24) is 4.90 Å². The molecule has 4 atom stereocenters. The zero-order chi connectivity index (χ0) is 30.9. The Hall–Kier alpha value is -3.83. The van der Waals surface area contributed by atoms with Crippen LogP contribution in [0.1, 0.15) is 24.5 Å². The third-order valence-corrected chi connectivity index (χ3v) is 11.3. The molecular weight excluding hydrogens is 562 g/mol. The number of anilines is 3. The maximum absolute atomic E-state index is 14.1. The van der Waals surface area contributed by atoms with Gasteiger partial charge in [0, 0.05) is 48.5 Å².